The van der Waals surface area contributed by atoms with E-state index < -0.39 is 0 Å². The number of rotatable bonds is 5. The van der Waals surface area contributed by atoms with Crippen LogP contribution in [0.1, 0.15) is 33.3 Å². The molecule has 1 atom stereocenters. The molecule has 3 N–H and O–H groups in total. The summed E-state index contributed by atoms with van der Waals surface area (Å²) in [5, 5.41) is 0. The molecule has 0 radical (unpaired) electrons. The lowest BCUT2D eigenvalue weighted by Gasteiger charge is -2.14. The second-order valence-electron chi connectivity index (χ2n) is 4.63. The van der Waals surface area contributed by atoms with Gasteiger partial charge in [-0.05, 0) is 43.9 Å². The standard InChI is InChI=1S/C15H20N2S/c1-11-10-15(18-12(11)2)14(17-16)9-8-13-6-4-3-5-7-13/h3-7,10,14,17H,8-9,16H2,1-2H3. The van der Waals surface area contributed by atoms with Gasteiger partial charge in [-0.2, -0.15) is 0 Å². The molecule has 2 nitrogen and oxygen atoms in total. The summed E-state index contributed by atoms with van der Waals surface area (Å²) in [7, 11) is 0. The number of aryl methyl sites for hydroxylation is 3. The maximum atomic E-state index is 5.68. The Morgan fingerprint density at radius 2 is 1.94 bits per heavy atom. The van der Waals surface area contributed by atoms with Crippen molar-refractivity contribution in [1.29, 1.82) is 0 Å². The summed E-state index contributed by atoms with van der Waals surface area (Å²) in [6, 6.07) is 13.0. The van der Waals surface area contributed by atoms with E-state index in [2.05, 4.69) is 49.6 Å². The van der Waals surface area contributed by atoms with Gasteiger partial charge >= 0.3 is 0 Å². The van der Waals surface area contributed by atoms with Crippen LogP contribution in [0, 0.1) is 13.8 Å². The zero-order chi connectivity index (χ0) is 13.0. The van der Waals surface area contributed by atoms with E-state index in [9.17, 15) is 0 Å². The maximum Gasteiger partial charge on any atom is 0.0556 e. The Hall–Kier alpha value is -1.16. The van der Waals surface area contributed by atoms with Gasteiger partial charge < -0.3 is 0 Å². The number of nitrogens with two attached hydrogens (primary N) is 1. The van der Waals surface area contributed by atoms with Gasteiger partial charge in [0.25, 0.3) is 0 Å². The molecule has 2 aromatic rings. The third-order valence-corrected chi connectivity index (χ3v) is 4.56. The molecule has 1 aromatic carbocycles. The molecule has 3 heteroatoms. The Balaban J connectivity index is 2.02. The quantitative estimate of drug-likeness (QED) is 0.638. The first-order valence-corrected chi connectivity index (χ1v) is 7.09. The summed E-state index contributed by atoms with van der Waals surface area (Å²) in [6.45, 7) is 4.31. The van der Waals surface area contributed by atoms with Gasteiger partial charge in [0, 0.05) is 9.75 Å². The Morgan fingerprint density at radius 1 is 1.22 bits per heavy atom. The van der Waals surface area contributed by atoms with Crippen LogP contribution in [-0.2, 0) is 6.42 Å². The van der Waals surface area contributed by atoms with Crippen LogP contribution in [0.2, 0.25) is 0 Å². The summed E-state index contributed by atoms with van der Waals surface area (Å²) in [4.78, 5) is 2.72. The highest BCUT2D eigenvalue weighted by molar-refractivity contribution is 7.12. The molecule has 1 heterocycles. The molecule has 0 aliphatic heterocycles. The van der Waals surface area contributed by atoms with Gasteiger partial charge in [-0.1, -0.05) is 30.3 Å². The van der Waals surface area contributed by atoms with Gasteiger partial charge in [0.05, 0.1) is 6.04 Å². The van der Waals surface area contributed by atoms with Gasteiger partial charge in [-0.25, -0.2) is 0 Å². The third-order valence-electron chi connectivity index (χ3n) is 3.29. The highest BCUT2D eigenvalue weighted by atomic mass is 32.1. The Morgan fingerprint density at radius 3 is 2.50 bits per heavy atom. The number of hydrogen-bond acceptors (Lipinski definition) is 3. The molecule has 0 aliphatic rings. The Labute approximate surface area is 113 Å². The van der Waals surface area contributed by atoms with E-state index in [-0.39, 0.29) is 6.04 Å². The van der Waals surface area contributed by atoms with Crippen molar-refractivity contribution < 1.29 is 0 Å². The zero-order valence-corrected chi connectivity index (χ0v) is 11.8. The van der Waals surface area contributed by atoms with E-state index in [0.29, 0.717) is 0 Å². The van der Waals surface area contributed by atoms with Crippen LogP contribution >= 0.6 is 11.3 Å². The molecule has 0 fully saturated rings. The Bertz CT molecular complexity index is 471. The van der Waals surface area contributed by atoms with Gasteiger partial charge in [-0.15, -0.1) is 11.3 Å². The number of hydrazine groups is 1. The summed E-state index contributed by atoms with van der Waals surface area (Å²) < 4.78 is 0. The van der Waals surface area contributed by atoms with Crippen molar-refractivity contribution in [2.24, 2.45) is 5.84 Å². The van der Waals surface area contributed by atoms with Crippen LogP contribution < -0.4 is 11.3 Å². The van der Waals surface area contributed by atoms with Crippen LogP contribution in [0.15, 0.2) is 36.4 Å². The van der Waals surface area contributed by atoms with Crippen LogP contribution in [0.3, 0.4) is 0 Å². The molecular weight excluding hydrogens is 240 g/mol. The fraction of sp³-hybridized carbons (Fsp3) is 0.333. The van der Waals surface area contributed by atoms with E-state index in [1.54, 1.807) is 0 Å². The van der Waals surface area contributed by atoms with Crippen LogP contribution in [-0.4, -0.2) is 0 Å². The monoisotopic (exact) mass is 260 g/mol. The number of nitrogens with one attached hydrogen (secondary N) is 1. The van der Waals surface area contributed by atoms with Crippen LogP contribution in [0.4, 0.5) is 0 Å². The molecule has 0 aliphatic carbocycles. The second kappa shape index (κ2) is 6.14. The van der Waals surface area contributed by atoms with Crippen molar-refractivity contribution in [3.63, 3.8) is 0 Å². The number of benzene rings is 1. The van der Waals surface area contributed by atoms with E-state index >= 15 is 0 Å². The number of thiophene rings is 1. The van der Waals surface area contributed by atoms with E-state index in [1.165, 1.54) is 20.9 Å². The van der Waals surface area contributed by atoms with Crippen molar-refractivity contribution in [2.75, 3.05) is 0 Å². The molecule has 1 aromatic heterocycles. The van der Waals surface area contributed by atoms with E-state index in [1.807, 2.05) is 17.4 Å². The van der Waals surface area contributed by atoms with Crippen LogP contribution in [0.25, 0.3) is 0 Å². The summed E-state index contributed by atoms with van der Waals surface area (Å²) in [5.74, 6) is 5.68. The number of hydrogen-bond donors (Lipinski definition) is 2. The second-order valence-corrected chi connectivity index (χ2v) is 5.92. The van der Waals surface area contributed by atoms with E-state index in [4.69, 9.17) is 5.84 Å². The summed E-state index contributed by atoms with van der Waals surface area (Å²) in [6.07, 6.45) is 2.08. The molecule has 2 rings (SSSR count). The highest BCUT2D eigenvalue weighted by Crippen LogP contribution is 2.28. The third kappa shape index (κ3) is 3.19. The predicted octanol–water partition coefficient (Wildman–Crippen LogP) is 3.50. The normalized spacial score (nSPS) is 12.6. The smallest absolute Gasteiger partial charge is 0.0556 e. The molecule has 0 bridgehead atoms. The molecule has 0 amide bonds. The summed E-state index contributed by atoms with van der Waals surface area (Å²) in [5.41, 5.74) is 5.66. The lowest BCUT2D eigenvalue weighted by atomic mass is 10.0. The maximum absolute atomic E-state index is 5.68. The largest absolute Gasteiger partial charge is 0.271 e. The lowest BCUT2D eigenvalue weighted by molar-refractivity contribution is 0.524. The molecule has 96 valence electrons. The molecular formula is C15H20N2S. The predicted molar refractivity (Wildman–Crippen MR) is 78.6 cm³/mol. The topological polar surface area (TPSA) is 38.0 Å². The van der Waals surface area contributed by atoms with Crippen LogP contribution in [0.5, 0.6) is 0 Å². The molecule has 0 saturated heterocycles. The van der Waals surface area contributed by atoms with E-state index in [0.717, 1.165) is 12.8 Å². The molecule has 1 unspecified atom stereocenters. The SMILES string of the molecule is Cc1cc(C(CCc2ccccc2)NN)sc1C. The van der Waals surface area contributed by atoms with Crippen molar-refractivity contribution in [1.82, 2.24) is 5.43 Å². The minimum atomic E-state index is 0.252. The minimum absolute atomic E-state index is 0.252. The minimum Gasteiger partial charge on any atom is -0.271 e. The average molecular weight is 260 g/mol. The first-order chi connectivity index (χ1) is 8.70. The van der Waals surface area contributed by atoms with Gasteiger partial charge in [0.15, 0.2) is 0 Å². The van der Waals surface area contributed by atoms with Gasteiger partial charge in [-0.3, -0.25) is 11.3 Å². The van der Waals surface area contributed by atoms with Crippen molar-refractivity contribution in [3.05, 3.63) is 57.3 Å². The lowest BCUT2D eigenvalue weighted by Crippen LogP contribution is -2.27. The molecule has 0 saturated carbocycles. The van der Waals surface area contributed by atoms with Crippen molar-refractivity contribution >= 4 is 11.3 Å². The Kier molecular flexibility index (Phi) is 4.53. The highest BCUT2D eigenvalue weighted by Gasteiger charge is 2.13. The van der Waals surface area contributed by atoms with Crippen molar-refractivity contribution in [3.8, 4) is 0 Å². The van der Waals surface area contributed by atoms with Gasteiger partial charge in [0.2, 0.25) is 0 Å². The molecule has 0 spiro atoms. The van der Waals surface area contributed by atoms with Gasteiger partial charge in [0.1, 0.15) is 0 Å². The zero-order valence-electron chi connectivity index (χ0n) is 10.9. The molecule has 18 heavy (non-hydrogen) atoms. The first-order valence-electron chi connectivity index (χ1n) is 6.27. The summed E-state index contributed by atoms with van der Waals surface area (Å²) >= 11 is 1.84. The van der Waals surface area contributed by atoms with Crippen molar-refractivity contribution in [2.45, 2.75) is 32.7 Å². The average Bonchev–Trinajstić information content (AvgIpc) is 2.71. The fourth-order valence-electron chi connectivity index (χ4n) is 2.04. The fourth-order valence-corrected chi connectivity index (χ4v) is 3.17. The first kappa shape index (κ1) is 13.3.